The molecule has 2 aromatic rings. The summed E-state index contributed by atoms with van der Waals surface area (Å²) < 4.78 is 5.72. The minimum absolute atomic E-state index is 0.0260. The number of aromatic hydroxyl groups is 1. The minimum Gasteiger partial charge on any atom is -0.507 e. The molecule has 0 amide bonds. The Morgan fingerprint density at radius 1 is 1.23 bits per heavy atom. The summed E-state index contributed by atoms with van der Waals surface area (Å²) in [7, 11) is 0. The Morgan fingerprint density at radius 2 is 1.92 bits per heavy atom. The number of hydrogen-bond acceptors (Lipinski definition) is 5. The highest BCUT2D eigenvalue weighted by Gasteiger charge is 2.17. The molecule has 0 aliphatic rings. The second-order valence-electron chi connectivity index (χ2n) is 5.97. The molecule has 140 valence electrons. The van der Waals surface area contributed by atoms with Crippen LogP contribution in [0.15, 0.2) is 41.3 Å². The zero-order valence-corrected chi connectivity index (χ0v) is 16.4. The molecule has 2 N–H and O–H groups in total. The molecule has 0 bridgehead atoms. The lowest BCUT2D eigenvalue weighted by Crippen LogP contribution is -2.20. The molecule has 6 heteroatoms. The van der Waals surface area contributed by atoms with Gasteiger partial charge in [-0.15, -0.1) is 11.8 Å². The number of halogens is 1. The quantitative estimate of drug-likeness (QED) is 0.475. The van der Waals surface area contributed by atoms with Crippen molar-refractivity contribution in [2.24, 2.45) is 0 Å². The fourth-order valence-electron chi connectivity index (χ4n) is 2.49. The van der Waals surface area contributed by atoms with E-state index in [2.05, 4.69) is 0 Å². The first kappa shape index (κ1) is 20.6. The van der Waals surface area contributed by atoms with Gasteiger partial charge in [0.25, 0.3) is 0 Å². The van der Waals surface area contributed by atoms with Crippen LogP contribution in [0.1, 0.15) is 36.2 Å². The molecule has 0 saturated heterocycles. The highest BCUT2D eigenvalue weighted by molar-refractivity contribution is 7.99. The molecule has 26 heavy (non-hydrogen) atoms. The van der Waals surface area contributed by atoms with Crippen molar-refractivity contribution in [1.82, 2.24) is 0 Å². The topological polar surface area (TPSA) is 66.8 Å². The van der Waals surface area contributed by atoms with Gasteiger partial charge in [0.1, 0.15) is 18.1 Å². The van der Waals surface area contributed by atoms with Gasteiger partial charge in [-0.3, -0.25) is 4.79 Å². The van der Waals surface area contributed by atoms with E-state index in [1.807, 2.05) is 31.2 Å². The molecule has 0 radical (unpaired) electrons. The molecule has 0 aliphatic heterocycles. The number of Topliss-reactive ketones (excluding diaryl/α,β-unsaturated/α-hetero) is 1. The SMILES string of the molecule is CCCc1c(OC[C@H](O)CSc2ccc(Cl)cc2)ccc(C(C)=O)c1O. The number of thioether (sulfide) groups is 1. The number of carbonyl (C=O) groups excluding carboxylic acids is 1. The molecule has 0 aliphatic carbocycles. The van der Waals surface area contributed by atoms with Crippen molar-refractivity contribution >= 4 is 29.1 Å². The first-order valence-corrected chi connectivity index (χ1v) is 9.83. The van der Waals surface area contributed by atoms with E-state index >= 15 is 0 Å². The second-order valence-corrected chi connectivity index (χ2v) is 7.50. The van der Waals surface area contributed by atoms with E-state index in [4.69, 9.17) is 16.3 Å². The molecular weight excluding hydrogens is 372 g/mol. The third-order valence-electron chi connectivity index (χ3n) is 3.81. The van der Waals surface area contributed by atoms with Crippen molar-refractivity contribution in [1.29, 1.82) is 0 Å². The molecule has 0 fully saturated rings. The van der Waals surface area contributed by atoms with Crippen molar-refractivity contribution in [3.05, 3.63) is 52.5 Å². The maximum absolute atomic E-state index is 11.6. The van der Waals surface area contributed by atoms with Crippen LogP contribution in [-0.4, -0.2) is 34.5 Å². The Kier molecular flexibility index (Phi) is 7.82. The maximum atomic E-state index is 11.6. The fourth-order valence-corrected chi connectivity index (χ4v) is 3.42. The van der Waals surface area contributed by atoms with Crippen LogP contribution in [0.4, 0.5) is 0 Å². The number of carbonyl (C=O) groups is 1. The van der Waals surface area contributed by atoms with Gasteiger partial charge in [0.2, 0.25) is 0 Å². The average Bonchev–Trinajstić information content (AvgIpc) is 2.61. The van der Waals surface area contributed by atoms with Crippen molar-refractivity contribution in [3.8, 4) is 11.5 Å². The predicted molar refractivity (Wildman–Crippen MR) is 106 cm³/mol. The van der Waals surface area contributed by atoms with Gasteiger partial charge in [0, 0.05) is 21.2 Å². The van der Waals surface area contributed by atoms with E-state index in [-0.39, 0.29) is 18.1 Å². The van der Waals surface area contributed by atoms with Crippen LogP contribution in [0.3, 0.4) is 0 Å². The second kappa shape index (κ2) is 9.86. The number of phenolic OH excluding ortho intramolecular Hbond substituents is 1. The minimum atomic E-state index is -0.667. The van der Waals surface area contributed by atoms with Gasteiger partial charge in [-0.25, -0.2) is 0 Å². The zero-order valence-electron chi connectivity index (χ0n) is 14.9. The molecule has 4 nitrogen and oxygen atoms in total. The molecular formula is C20H23ClO4S. The molecule has 0 saturated carbocycles. The van der Waals surface area contributed by atoms with Crippen molar-refractivity contribution in [2.75, 3.05) is 12.4 Å². The average molecular weight is 395 g/mol. The van der Waals surface area contributed by atoms with Gasteiger partial charge in [-0.2, -0.15) is 0 Å². The molecule has 2 aromatic carbocycles. The summed E-state index contributed by atoms with van der Waals surface area (Å²) in [5.41, 5.74) is 0.900. The number of phenols is 1. The van der Waals surface area contributed by atoms with Crippen LogP contribution in [-0.2, 0) is 6.42 Å². The third kappa shape index (κ3) is 5.66. The number of aliphatic hydroxyl groups excluding tert-OH is 1. The number of ether oxygens (including phenoxy) is 1. The zero-order chi connectivity index (χ0) is 19.1. The smallest absolute Gasteiger partial charge is 0.163 e. The van der Waals surface area contributed by atoms with Crippen LogP contribution >= 0.6 is 23.4 Å². The Balaban J connectivity index is 1.98. The van der Waals surface area contributed by atoms with Gasteiger partial charge in [-0.1, -0.05) is 24.9 Å². The van der Waals surface area contributed by atoms with Gasteiger partial charge in [-0.05, 0) is 49.7 Å². The molecule has 2 rings (SSSR count). The third-order valence-corrected chi connectivity index (χ3v) is 5.22. The van der Waals surface area contributed by atoms with Gasteiger partial charge in [0.15, 0.2) is 5.78 Å². The maximum Gasteiger partial charge on any atom is 0.163 e. The van der Waals surface area contributed by atoms with E-state index < -0.39 is 6.10 Å². The van der Waals surface area contributed by atoms with Crippen LogP contribution in [0.2, 0.25) is 5.02 Å². The highest BCUT2D eigenvalue weighted by Crippen LogP contribution is 2.33. The predicted octanol–water partition coefficient (Wildman–Crippen LogP) is 4.73. The summed E-state index contributed by atoms with van der Waals surface area (Å²) in [5.74, 6) is 0.764. The Labute approximate surface area is 163 Å². The molecule has 0 heterocycles. The van der Waals surface area contributed by atoms with E-state index in [1.165, 1.54) is 18.7 Å². The van der Waals surface area contributed by atoms with Crippen LogP contribution in [0.5, 0.6) is 11.5 Å². The fraction of sp³-hybridized carbons (Fsp3) is 0.350. The molecule has 0 spiro atoms. The summed E-state index contributed by atoms with van der Waals surface area (Å²) in [6.07, 6.45) is 0.734. The number of aliphatic hydroxyl groups is 1. The Bertz CT molecular complexity index is 746. The summed E-state index contributed by atoms with van der Waals surface area (Å²) >= 11 is 7.37. The standard InChI is InChI=1S/C20H23ClO4S/c1-3-4-18-19(10-9-17(13(2)22)20(18)24)25-11-15(23)12-26-16-7-5-14(21)6-8-16/h5-10,15,23-24H,3-4,11-12H2,1-2H3/t15-/m0/s1. The lowest BCUT2D eigenvalue weighted by molar-refractivity contribution is 0.101. The number of rotatable bonds is 9. The first-order valence-electron chi connectivity index (χ1n) is 8.47. The van der Waals surface area contributed by atoms with Gasteiger partial charge < -0.3 is 14.9 Å². The lowest BCUT2D eigenvalue weighted by Gasteiger charge is -2.17. The largest absolute Gasteiger partial charge is 0.507 e. The number of hydrogen-bond donors (Lipinski definition) is 2. The summed E-state index contributed by atoms with van der Waals surface area (Å²) in [5, 5.41) is 21.2. The Hall–Kier alpha value is -1.69. The van der Waals surface area contributed by atoms with Gasteiger partial charge in [0.05, 0.1) is 11.7 Å². The van der Waals surface area contributed by atoms with Crippen molar-refractivity contribution in [3.63, 3.8) is 0 Å². The van der Waals surface area contributed by atoms with Crippen LogP contribution < -0.4 is 4.74 Å². The Morgan fingerprint density at radius 3 is 2.54 bits per heavy atom. The number of benzene rings is 2. The van der Waals surface area contributed by atoms with E-state index in [1.54, 1.807) is 12.1 Å². The normalized spacial score (nSPS) is 12.0. The van der Waals surface area contributed by atoms with Crippen molar-refractivity contribution in [2.45, 2.75) is 37.7 Å². The lowest BCUT2D eigenvalue weighted by atomic mass is 10.0. The summed E-state index contributed by atoms with van der Waals surface area (Å²) in [6.45, 7) is 3.51. The highest BCUT2D eigenvalue weighted by atomic mass is 35.5. The summed E-state index contributed by atoms with van der Waals surface area (Å²) in [6, 6.07) is 10.7. The molecule has 0 aromatic heterocycles. The van der Waals surface area contributed by atoms with Crippen LogP contribution in [0, 0.1) is 0 Å². The molecule has 0 unspecified atom stereocenters. The summed E-state index contributed by atoms with van der Waals surface area (Å²) in [4.78, 5) is 12.6. The van der Waals surface area contributed by atoms with E-state index in [0.29, 0.717) is 34.1 Å². The van der Waals surface area contributed by atoms with Gasteiger partial charge >= 0.3 is 0 Å². The molecule has 1 atom stereocenters. The van der Waals surface area contributed by atoms with E-state index in [0.717, 1.165) is 11.3 Å². The number of ketones is 1. The first-order chi connectivity index (χ1) is 12.4. The monoisotopic (exact) mass is 394 g/mol. The van der Waals surface area contributed by atoms with Crippen LogP contribution in [0.25, 0.3) is 0 Å². The van der Waals surface area contributed by atoms with E-state index in [9.17, 15) is 15.0 Å². The van der Waals surface area contributed by atoms with Crippen molar-refractivity contribution < 1.29 is 19.7 Å².